The van der Waals surface area contributed by atoms with Crippen LogP contribution in [0.4, 0.5) is 5.69 Å². The number of nitrogens with one attached hydrogen (secondary N) is 3. The largest absolute Gasteiger partial charge is 0.326 e. The van der Waals surface area contributed by atoms with E-state index in [-0.39, 0.29) is 22.8 Å². The Labute approximate surface area is 138 Å². The fraction of sp³-hybridized carbons (Fsp3) is 0.562. The van der Waals surface area contributed by atoms with Crippen LogP contribution < -0.4 is 15.4 Å². The summed E-state index contributed by atoms with van der Waals surface area (Å²) < 4.78 is 27.2. The van der Waals surface area contributed by atoms with Crippen molar-refractivity contribution < 1.29 is 13.2 Å². The first kappa shape index (κ1) is 17.9. The van der Waals surface area contributed by atoms with Crippen molar-refractivity contribution in [3.63, 3.8) is 0 Å². The molecule has 2 rings (SSSR count). The number of sulfonamides is 1. The van der Waals surface area contributed by atoms with E-state index >= 15 is 0 Å². The number of carbonyl (C=O) groups excluding carboxylic acids is 1. The molecule has 7 heteroatoms. The zero-order chi connectivity index (χ0) is 16.9. The van der Waals surface area contributed by atoms with Crippen molar-refractivity contribution in [2.24, 2.45) is 5.92 Å². The van der Waals surface area contributed by atoms with Gasteiger partial charge in [0.2, 0.25) is 15.9 Å². The quantitative estimate of drug-likeness (QED) is 0.736. The van der Waals surface area contributed by atoms with Gasteiger partial charge in [-0.25, -0.2) is 13.1 Å². The lowest BCUT2D eigenvalue weighted by Crippen LogP contribution is -2.37. The van der Waals surface area contributed by atoms with Crippen LogP contribution in [0, 0.1) is 5.92 Å². The van der Waals surface area contributed by atoms with Crippen LogP contribution in [-0.4, -0.2) is 33.5 Å². The Bertz CT molecular complexity index is 640. The topological polar surface area (TPSA) is 87.3 Å². The van der Waals surface area contributed by atoms with Crippen LogP contribution >= 0.6 is 0 Å². The van der Waals surface area contributed by atoms with Gasteiger partial charge in [-0.2, -0.15) is 0 Å². The molecule has 1 aromatic rings. The summed E-state index contributed by atoms with van der Waals surface area (Å²) in [5, 5.41) is 6.02. The second kappa shape index (κ2) is 7.90. The van der Waals surface area contributed by atoms with Crippen molar-refractivity contribution >= 4 is 21.6 Å². The fourth-order valence-corrected chi connectivity index (χ4v) is 3.85. The molecule has 0 bridgehead atoms. The highest BCUT2D eigenvalue weighted by atomic mass is 32.2. The normalized spacial score (nSPS) is 20.0. The van der Waals surface area contributed by atoms with Crippen LogP contribution in [0.15, 0.2) is 29.2 Å². The highest BCUT2D eigenvalue weighted by Crippen LogP contribution is 2.18. The molecule has 1 aliphatic rings. The van der Waals surface area contributed by atoms with E-state index in [0.29, 0.717) is 18.7 Å². The molecule has 2 unspecified atom stereocenters. The molecule has 23 heavy (non-hydrogen) atoms. The minimum Gasteiger partial charge on any atom is -0.326 e. The summed E-state index contributed by atoms with van der Waals surface area (Å²) in [6.07, 6.45) is 2.54. The third kappa shape index (κ3) is 5.02. The monoisotopic (exact) mass is 339 g/mol. The maximum atomic E-state index is 12.3. The second-order valence-electron chi connectivity index (χ2n) is 5.99. The van der Waals surface area contributed by atoms with Gasteiger partial charge in [0.05, 0.1) is 10.8 Å². The molecule has 2 atom stereocenters. The Morgan fingerprint density at radius 1 is 1.43 bits per heavy atom. The number of rotatable bonds is 6. The molecule has 0 radical (unpaired) electrons. The SMILES string of the molecule is CCC(C)NS(=O)(=O)c1cccc(NC(=O)C2CCCNC2)c1. The number of benzene rings is 1. The van der Waals surface area contributed by atoms with Crippen LogP contribution in [0.25, 0.3) is 0 Å². The first-order valence-corrected chi connectivity index (χ1v) is 9.54. The van der Waals surface area contributed by atoms with Gasteiger partial charge >= 0.3 is 0 Å². The van der Waals surface area contributed by atoms with Crippen molar-refractivity contribution in [3.05, 3.63) is 24.3 Å². The maximum absolute atomic E-state index is 12.3. The summed E-state index contributed by atoms with van der Waals surface area (Å²) in [4.78, 5) is 12.4. The molecule has 128 valence electrons. The summed E-state index contributed by atoms with van der Waals surface area (Å²) in [5.41, 5.74) is 0.507. The number of anilines is 1. The Morgan fingerprint density at radius 3 is 2.87 bits per heavy atom. The minimum absolute atomic E-state index is 0.0674. The molecular weight excluding hydrogens is 314 g/mol. The lowest BCUT2D eigenvalue weighted by molar-refractivity contribution is -0.120. The van der Waals surface area contributed by atoms with Gasteiger partial charge in [0.15, 0.2) is 0 Å². The predicted octanol–water partition coefficient (Wildman–Crippen LogP) is 1.70. The molecule has 1 saturated heterocycles. The Kier molecular flexibility index (Phi) is 6.15. The summed E-state index contributed by atoms with van der Waals surface area (Å²) >= 11 is 0. The van der Waals surface area contributed by atoms with Crippen LogP contribution in [-0.2, 0) is 14.8 Å². The number of carbonyl (C=O) groups is 1. The number of amides is 1. The maximum Gasteiger partial charge on any atom is 0.240 e. The van der Waals surface area contributed by atoms with Gasteiger partial charge in [-0.15, -0.1) is 0 Å². The van der Waals surface area contributed by atoms with Crippen molar-refractivity contribution in [1.29, 1.82) is 0 Å². The summed E-state index contributed by atoms with van der Waals surface area (Å²) in [7, 11) is -3.57. The number of hydrogen-bond acceptors (Lipinski definition) is 4. The van der Waals surface area contributed by atoms with Crippen LogP contribution in [0.2, 0.25) is 0 Å². The Hall–Kier alpha value is -1.44. The van der Waals surface area contributed by atoms with Gasteiger partial charge in [-0.05, 0) is 50.9 Å². The smallest absolute Gasteiger partial charge is 0.240 e. The fourth-order valence-electron chi connectivity index (χ4n) is 2.48. The molecule has 1 heterocycles. The highest BCUT2D eigenvalue weighted by molar-refractivity contribution is 7.89. The highest BCUT2D eigenvalue weighted by Gasteiger charge is 2.22. The minimum atomic E-state index is -3.57. The van der Waals surface area contributed by atoms with Crippen LogP contribution in [0.3, 0.4) is 0 Å². The third-order valence-electron chi connectivity index (χ3n) is 4.05. The van der Waals surface area contributed by atoms with E-state index in [4.69, 9.17) is 0 Å². The van der Waals surface area contributed by atoms with E-state index in [0.717, 1.165) is 19.4 Å². The Balaban J connectivity index is 2.08. The standard InChI is InChI=1S/C16H25N3O3S/c1-3-12(2)19-23(21,22)15-8-4-7-14(10-15)18-16(20)13-6-5-9-17-11-13/h4,7-8,10,12-13,17,19H,3,5-6,9,11H2,1-2H3,(H,18,20). The summed E-state index contributed by atoms with van der Waals surface area (Å²) in [6.45, 7) is 5.35. The van der Waals surface area contributed by atoms with E-state index in [1.165, 1.54) is 12.1 Å². The van der Waals surface area contributed by atoms with E-state index in [1.807, 2.05) is 13.8 Å². The zero-order valence-corrected chi connectivity index (χ0v) is 14.4. The molecule has 0 aromatic heterocycles. The average molecular weight is 339 g/mol. The lowest BCUT2D eigenvalue weighted by atomic mass is 9.99. The molecule has 0 spiro atoms. The van der Waals surface area contributed by atoms with Gasteiger partial charge in [0.25, 0.3) is 0 Å². The van der Waals surface area contributed by atoms with Crippen molar-refractivity contribution in [2.75, 3.05) is 18.4 Å². The average Bonchev–Trinajstić information content (AvgIpc) is 2.55. The van der Waals surface area contributed by atoms with Gasteiger partial charge in [-0.3, -0.25) is 4.79 Å². The first-order valence-electron chi connectivity index (χ1n) is 8.06. The predicted molar refractivity (Wildman–Crippen MR) is 90.7 cm³/mol. The zero-order valence-electron chi connectivity index (χ0n) is 13.6. The second-order valence-corrected chi connectivity index (χ2v) is 7.70. The van der Waals surface area contributed by atoms with Crippen molar-refractivity contribution in [1.82, 2.24) is 10.0 Å². The molecule has 1 amide bonds. The molecule has 0 aliphatic carbocycles. The van der Waals surface area contributed by atoms with Crippen LogP contribution in [0.5, 0.6) is 0 Å². The number of hydrogen-bond donors (Lipinski definition) is 3. The van der Waals surface area contributed by atoms with E-state index in [2.05, 4.69) is 15.4 Å². The summed E-state index contributed by atoms with van der Waals surface area (Å²) in [6, 6.07) is 6.24. The molecule has 1 aromatic carbocycles. The van der Waals surface area contributed by atoms with Gasteiger partial charge in [0.1, 0.15) is 0 Å². The van der Waals surface area contributed by atoms with Crippen molar-refractivity contribution in [2.45, 2.75) is 44.0 Å². The molecule has 6 nitrogen and oxygen atoms in total. The number of piperidine rings is 1. The van der Waals surface area contributed by atoms with E-state index in [1.54, 1.807) is 12.1 Å². The lowest BCUT2D eigenvalue weighted by Gasteiger charge is -2.22. The first-order chi connectivity index (χ1) is 10.9. The van der Waals surface area contributed by atoms with Gasteiger partial charge in [0, 0.05) is 18.3 Å². The van der Waals surface area contributed by atoms with E-state index < -0.39 is 10.0 Å². The molecule has 0 saturated carbocycles. The molecule has 3 N–H and O–H groups in total. The van der Waals surface area contributed by atoms with Gasteiger partial charge < -0.3 is 10.6 Å². The Morgan fingerprint density at radius 2 is 2.22 bits per heavy atom. The van der Waals surface area contributed by atoms with Crippen LogP contribution in [0.1, 0.15) is 33.1 Å². The van der Waals surface area contributed by atoms with E-state index in [9.17, 15) is 13.2 Å². The van der Waals surface area contributed by atoms with Gasteiger partial charge in [-0.1, -0.05) is 13.0 Å². The molecule has 1 aliphatic heterocycles. The van der Waals surface area contributed by atoms with Crippen molar-refractivity contribution in [3.8, 4) is 0 Å². The summed E-state index contributed by atoms with van der Waals surface area (Å²) in [5.74, 6) is -0.135. The third-order valence-corrected chi connectivity index (χ3v) is 5.64. The molecular formula is C16H25N3O3S. The molecule has 1 fully saturated rings.